The third-order valence-electron chi connectivity index (χ3n) is 9.51. The number of aromatic nitrogens is 4. The number of rotatable bonds is 1. The van der Waals surface area contributed by atoms with E-state index in [0.717, 1.165) is 49.6 Å². The lowest BCUT2D eigenvalue weighted by Gasteiger charge is -2.11. The Morgan fingerprint density at radius 3 is 2.07 bits per heavy atom. The highest BCUT2D eigenvalue weighted by Crippen LogP contribution is 2.42. The highest BCUT2D eigenvalue weighted by atomic mass is 32.1. The van der Waals surface area contributed by atoms with Gasteiger partial charge in [0.25, 0.3) is 0 Å². The molecule has 6 aromatic carbocycles. The molecule has 5 heteroatoms. The van der Waals surface area contributed by atoms with Crippen molar-refractivity contribution in [1.29, 1.82) is 0 Å². The summed E-state index contributed by atoms with van der Waals surface area (Å²) in [6.45, 7) is 0. The van der Waals surface area contributed by atoms with Gasteiger partial charge < -0.3 is 4.57 Å². The zero-order valence-corrected chi connectivity index (χ0v) is 24.7. The Bertz CT molecular complexity index is 3050. The van der Waals surface area contributed by atoms with Gasteiger partial charge in [-0.3, -0.25) is 9.38 Å². The summed E-state index contributed by atoms with van der Waals surface area (Å²) in [7, 11) is 0. The first kappa shape index (κ1) is 23.6. The Morgan fingerprint density at radius 2 is 1.20 bits per heavy atom. The van der Waals surface area contributed by atoms with Crippen molar-refractivity contribution in [1.82, 2.24) is 18.9 Å². The SMILES string of the molecule is c1ccc2c(c1)sc1c2ccc2c1ncc1c3ccccc3n(-c3ccc4c(c3)nc3c5ccccc5c5ccccc5n43)c12. The molecule has 0 N–H and O–H groups in total. The van der Waals surface area contributed by atoms with Gasteiger partial charge in [-0.25, -0.2) is 4.98 Å². The number of para-hydroxylation sites is 2. The summed E-state index contributed by atoms with van der Waals surface area (Å²) in [6, 6.07) is 45.8. The van der Waals surface area contributed by atoms with E-state index in [1.165, 1.54) is 47.4 Å². The van der Waals surface area contributed by atoms with Crippen molar-refractivity contribution in [2.24, 2.45) is 0 Å². The van der Waals surface area contributed by atoms with Gasteiger partial charge >= 0.3 is 0 Å². The van der Waals surface area contributed by atoms with Gasteiger partial charge in [-0.15, -0.1) is 11.3 Å². The van der Waals surface area contributed by atoms with E-state index in [2.05, 4.69) is 143 Å². The van der Waals surface area contributed by atoms with Crippen molar-refractivity contribution in [3.05, 3.63) is 134 Å². The maximum atomic E-state index is 5.29. The molecule has 11 rings (SSSR count). The lowest BCUT2D eigenvalue weighted by Crippen LogP contribution is -1.95. The predicted octanol–water partition coefficient (Wildman–Crippen LogP) is 10.8. The average Bonchev–Trinajstić information content (AvgIpc) is 3.78. The average molecular weight is 591 g/mol. The third kappa shape index (κ3) is 3.00. The number of nitrogens with zero attached hydrogens (tertiary/aromatic N) is 4. The highest BCUT2D eigenvalue weighted by Gasteiger charge is 2.20. The van der Waals surface area contributed by atoms with Crippen LogP contribution < -0.4 is 0 Å². The van der Waals surface area contributed by atoms with Gasteiger partial charge in [0.1, 0.15) is 5.65 Å². The Balaban J connectivity index is 1.27. The van der Waals surface area contributed by atoms with Crippen LogP contribution in [-0.2, 0) is 0 Å². The van der Waals surface area contributed by atoms with E-state index >= 15 is 0 Å². The molecule has 0 saturated carbocycles. The number of benzene rings is 6. The Hall–Kier alpha value is -5.78. The molecule has 0 saturated heterocycles. The second kappa shape index (κ2) is 8.44. The minimum atomic E-state index is 0.977. The van der Waals surface area contributed by atoms with Gasteiger partial charge in [0.2, 0.25) is 0 Å². The summed E-state index contributed by atoms with van der Waals surface area (Å²) in [5.74, 6) is 0. The summed E-state index contributed by atoms with van der Waals surface area (Å²) < 4.78 is 7.26. The molecule has 0 aliphatic heterocycles. The van der Waals surface area contributed by atoms with Crippen LogP contribution in [0.15, 0.2) is 134 Å². The number of pyridine rings is 2. The molecule has 208 valence electrons. The van der Waals surface area contributed by atoms with Crippen LogP contribution in [0.5, 0.6) is 0 Å². The van der Waals surface area contributed by atoms with Crippen LogP contribution in [0.1, 0.15) is 0 Å². The molecule has 0 radical (unpaired) electrons. The molecule has 11 aromatic rings. The van der Waals surface area contributed by atoms with Crippen molar-refractivity contribution in [3.8, 4) is 5.69 Å². The Labute approximate surface area is 260 Å². The van der Waals surface area contributed by atoms with Crippen LogP contribution in [-0.4, -0.2) is 18.9 Å². The van der Waals surface area contributed by atoms with Crippen molar-refractivity contribution in [2.75, 3.05) is 0 Å². The number of hydrogen-bond donors (Lipinski definition) is 0. The summed E-state index contributed by atoms with van der Waals surface area (Å²) in [5.41, 5.74) is 8.73. The monoisotopic (exact) mass is 590 g/mol. The number of thiophene rings is 1. The van der Waals surface area contributed by atoms with Crippen molar-refractivity contribution < 1.29 is 0 Å². The zero-order chi connectivity index (χ0) is 29.2. The zero-order valence-electron chi connectivity index (χ0n) is 23.9. The maximum absolute atomic E-state index is 5.29. The van der Waals surface area contributed by atoms with E-state index in [0.29, 0.717) is 0 Å². The van der Waals surface area contributed by atoms with Gasteiger partial charge in [0, 0.05) is 54.3 Å². The molecule has 0 fully saturated rings. The standard InChI is InChI=1S/C40H22N4S/c1-2-13-29-24(9-1)25-10-3-7-15-34(25)44-35-20-17-23(21-32(35)42-40(29)44)43-33-14-6-4-11-26(33)31-22-41-37-30(38(31)43)19-18-28-27-12-5-8-16-36(27)45-39(28)37/h1-22H. The fourth-order valence-electron chi connectivity index (χ4n) is 7.59. The van der Waals surface area contributed by atoms with Crippen molar-refractivity contribution in [3.63, 3.8) is 0 Å². The fourth-order valence-corrected chi connectivity index (χ4v) is 8.80. The van der Waals surface area contributed by atoms with Gasteiger partial charge in [-0.05, 0) is 47.9 Å². The molecule has 5 aromatic heterocycles. The van der Waals surface area contributed by atoms with Gasteiger partial charge in [0.05, 0.1) is 37.8 Å². The van der Waals surface area contributed by atoms with E-state index in [1.807, 2.05) is 11.3 Å². The lowest BCUT2D eigenvalue weighted by molar-refractivity contribution is 1.19. The quantitative estimate of drug-likeness (QED) is 0.178. The van der Waals surface area contributed by atoms with Crippen LogP contribution >= 0.6 is 11.3 Å². The number of fused-ring (bicyclic) bond motifs is 17. The minimum Gasteiger partial charge on any atom is -0.308 e. The first-order valence-electron chi connectivity index (χ1n) is 15.2. The topological polar surface area (TPSA) is 35.1 Å². The number of hydrogen-bond acceptors (Lipinski definition) is 3. The minimum absolute atomic E-state index is 0.977. The fraction of sp³-hybridized carbons (Fsp3) is 0. The first-order chi connectivity index (χ1) is 22.3. The van der Waals surface area contributed by atoms with E-state index < -0.39 is 0 Å². The molecule has 0 bridgehead atoms. The molecule has 45 heavy (non-hydrogen) atoms. The van der Waals surface area contributed by atoms with Crippen molar-refractivity contribution in [2.45, 2.75) is 0 Å². The van der Waals surface area contributed by atoms with Gasteiger partial charge in [0.15, 0.2) is 0 Å². The Kier molecular flexibility index (Phi) is 4.43. The molecule has 0 aliphatic rings. The van der Waals surface area contributed by atoms with Crippen LogP contribution in [0.25, 0.3) is 96.9 Å². The predicted molar refractivity (Wildman–Crippen MR) is 190 cm³/mol. The summed E-state index contributed by atoms with van der Waals surface area (Å²) in [6.07, 6.45) is 2.07. The van der Waals surface area contributed by atoms with Crippen LogP contribution in [0, 0.1) is 0 Å². The van der Waals surface area contributed by atoms with Gasteiger partial charge in [-0.1, -0.05) is 84.9 Å². The van der Waals surface area contributed by atoms with Crippen LogP contribution in [0.3, 0.4) is 0 Å². The lowest BCUT2D eigenvalue weighted by atomic mass is 10.1. The summed E-state index contributed by atoms with van der Waals surface area (Å²) in [4.78, 5) is 10.4. The summed E-state index contributed by atoms with van der Waals surface area (Å²) in [5, 5.41) is 9.70. The van der Waals surface area contributed by atoms with E-state index in [-0.39, 0.29) is 0 Å². The molecule has 0 spiro atoms. The maximum Gasteiger partial charge on any atom is 0.146 e. The molecule has 0 aliphatic carbocycles. The first-order valence-corrected chi connectivity index (χ1v) is 16.0. The number of imidazole rings is 1. The third-order valence-corrected chi connectivity index (χ3v) is 10.7. The molecular formula is C40H22N4S. The molecule has 0 atom stereocenters. The molecule has 4 nitrogen and oxygen atoms in total. The van der Waals surface area contributed by atoms with E-state index in [9.17, 15) is 0 Å². The van der Waals surface area contributed by atoms with Crippen LogP contribution in [0.2, 0.25) is 0 Å². The van der Waals surface area contributed by atoms with Gasteiger partial charge in [-0.2, -0.15) is 0 Å². The normalized spacial score (nSPS) is 12.4. The van der Waals surface area contributed by atoms with Crippen LogP contribution in [0.4, 0.5) is 0 Å². The second-order valence-electron chi connectivity index (χ2n) is 11.8. The Morgan fingerprint density at radius 1 is 0.511 bits per heavy atom. The van der Waals surface area contributed by atoms with E-state index in [4.69, 9.17) is 9.97 Å². The molecule has 5 heterocycles. The summed E-state index contributed by atoms with van der Waals surface area (Å²) >= 11 is 1.83. The molecular weight excluding hydrogens is 569 g/mol. The highest BCUT2D eigenvalue weighted by molar-refractivity contribution is 7.26. The second-order valence-corrected chi connectivity index (χ2v) is 12.9. The molecule has 0 amide bonds. The van der Waals surface area contributed by atoms with E-state index in [1.54, 1.807) is 0 Å². The van der Waals surface area contributed by atoms with Crippen molar-refractivity contribution >= 4 is 103 Å². The smallest absolute Gasteiger partial charge is 0.146 e. The largest absolute Gasteiger partial charge is 0.308 e. The molecule has 0 unspecified atom stereocenters.